The van der Waals surface area contributed by atoms with Crippen LogP contribution < -0.4 is 5.73 Å². The van der Waals surface area contributed by atoms with Crippen LogP contribution >= 0.6 is 0 Å². The van der Waals surface area contributed by atoms with Crippen molar-refractivity contribution in [3.05, 3.63) is 0 Å². The molecule has 1 aliphatic rings. The van der Waals surface area contributed by atoms with Crippen LogP contribution in [0.15, 0.2) is 0 Å². The van der Waals surface area contributed by atoms with Crippen LogP contribution in [0.5, 0.6) is 0 Å². The van der Waals surface area contributed by atoms with Crippen LogP contribution in [0.3, 0.4) is 0 Å². The van der Waals surface area contributed by atoms with Gasteiger partial charge in [0.05, 0.1) is 6.61 Å². The Labute approximate surface area is 58.3 Å². The normalized spacial score (nSPS) is 25.6. The van der Waals surface area contributed by atoms with Crippen molar-refractivity contribution in [2.75, 3.05) is 6.61 Å². The summed E-state index contributed by atoms with van der Waals surface area (Å²) in [6.45, 7) is 0.419. The minimum Gasteiger partial charge on any atom is -0.465 e. The second kappa shape index (κ2) is 2.68. The van der Waals surface area contributed by atoms with E-state index < -0.39 is 17.8 Å². The molecule has 10 heavy (non-hydrogen) atoms. The number of primary amides is 1. The van der Waals surface area contributed by atoms with Crippen molar-refractivity contribution < 1.29 is 14.3 Å². The van der Waals surface area contributed by atoms with E-state index in [1.54, 1.807) is 0 Å². The predicted molar refractivity (Wildman–Crippen MR) is 32.9 cm³/mol. The van der Waals surface area contributed by atoms with E-state index in [9.17, 15) is 9.59 Å². The summed E-state index contributed by atoms with van der Waals surface area (Å²) in [5.74, 6) is -1.75. The van der Waals surface area contributed by atoms with Gasteiger partial charge in [-0.1, -0.05) is 0 Å². The van der Waals surface area contributed by atoms with Crippen molar-refractivity contribution in [1.82, 2.24) is 0 Å². The van der Waals surface area contributed by atoms with Gasteiger partial charge in [0.15, 0.2) is 0 Å². The van der Waals surface area contributed by atoms with Gasteiger partial charge in [0.25, 0.3) is 0 Å². The Kier molecular flexibility index (Phi) is 1.89. The van der Waals surface area contributed by atoms with Crippen molar-refractivity contribution in [2.24, 2.45) is 11.7 Å². The molecule has 4 nitrogen and oxygen atoms in total. The molecule has 1 fully saturated rings. The molecule has 1 aliphatic heterocycles. The fourth-order valence-corrected chi connectivity index (χ4v) is 0.937. The highest BCUT2D eigenvalue weighted by atomic mass is 16.5. The van der Waals surface area contributed by atoms with E-state index in [4.69, 9.17) is 5.73 Å². The third-order valence-corrected chi connectivity index (χ3v) is 1.51. The number of hydrogen-bond donors (Lipinski definition) is 1. The molecule has 0 bridgehead atoms. The molecular weight excluding hydrogens is 134 g/mol. The van der Waals surface area contributed by atoms with Crippen LogP contribution in [0.4, 0.5) is 0 Å². The second-order valence-corrected chi connectivity index (χ2v) is 2.26. The lowest BCUT2D eigenvalue weighted by atomic mass is 10.0. The van der Waals surface area contributed by atoms with Crippen molar-refractivity contribution in [3.8, 4) is 0 Å². The highest BCUT2D eigenvalue weighted by Gasteiger charge is 2.28. The third kappa shape index (κ3) is 1.26. The maximum atomic E-state index is 10.7. The van der Waals surface area contributed by atoms with Gasteiger partial charge in [0, 0.05) is 0 Å². The maximum Gasteiger partial charge on any atom is 0.318 e. The molecule has 0 aromatic rings. The Balaban J connectivity index is 2.56. The van der Waals surface area contributed by atoms with Gasteiger partial charge in [-0.2, -0.15) is 0 Å². The molecule has 1 atom stereocenters. The zero-order valence-corrected chi connectivity index (χ0v) is 5.50. The predicted octanol–water partition coefficient (Wildman–Crippen LogP) is -0.575. The molecular formula is C6H9NO3. The molecule has 0 aliphatic carbocycles. The lowest BCUT2D eigenvalue weighted by molar-refractivity contribution is -0.156. The minimum atomic E-state index is -0.700. The van der Waals surface area contributed by atoms with Gasteiger partial charge in [0.2, 0.25) is 5.91 Å². The van der Waals surface area contributed by atoms with Gasteiger partial charge in [-0.15, -0.1) is 0 Å². The molecule has 1 rings (SSSR count). The van der Waals surface area contributed by atoms with Gasteiger partial charge in [-0.3, -0.25) is 9.59 Å². The molecule has 0 unspecified atom stereocenters. The van der Waals surface area contributed by atoms with Gasteiger partial charge in [0.1, 0.15) is 5.92 Å². The number of carbonyl (C=O) groups excluding carboxylic acids is 2. The van der Waals surface area contributed by atoms with E-state index in [0.29, 0.717) is 13.0 Å². The van der Waals surface area contributed by atoms with Gasteiger partial charge >= 0.3 is 5.97 Å². The number of ether oxygens (including phenoxy) is 1. The summed E-state index contributed by atoms with van der Waals surface area (Å²) in [5, 5.41) is 0. The van der Waals surface area contributed by atoms with E-state index in [1.807, 2.05) is 0 Å². The first kappa shape index (κ1) is 7.05. The highest BCUT2D eigenvalue weighted by molar-refractivity contribution is 5.97. The average Bonchev–Trinajstić information content (AvgIpc) is 1.88. The average molecular weight is 143 g/mol. The molecule has 0 radical (unpaired) electrons. The van der Waals surface area contributed by atoms with Gasteiger partial charge < -0.3 is 10.5 Å². The standard InChI is InChI=1S/C6H9NO3/c7-5(8)4-2-1-3-10-6(4)9/h4H,1-3H2,(H2,7,8)/t4-/m0/s1. The lowest BCUT2D eigenvalue weighted by Crippen LogP contribution is -2.35. The number of rotatable bonds is 1. The van der Waals surface area contributed by atoms with Gasteiger partial charge in [-0.05, 0) is 12.8 Å². The lowest BCUT2D eigenvalue weighted by Gasteiger charge is -2.17. The molecule has 0 aromatic heterocycles. The van der Waals surface area contributed by atoms with Crippen LogP contribution in [0, 0.1) is 5.92 Å². The van der Waals surface area contributed by atoms with Crippen molar-refractivity contribution >= 4 is 11.9 Å². The first-order valence-electron chi connectivity index (χ1n) is 3.18. The van der Waals surface area contributed by atoms with Crippen molar-refractivity contribution in [1.29, 1.82) is 0 Å². The summed E-state index contributed by atoms with van der Waals surface area (Å²) < 4.78 is 4.61. The van der Waals surface area contributed by atoms with E-state index in [1.165, 1.54) is 0 Å². The molecule has 1 saturated heterocycles. The molecule has 4 heteroatoms. The zero-order valence-electron chi connectivity index (χ0n) is 5.50. The molecule has 1 heterocycles. The number of carbonyl (C=O) groups is 2. The zero-order chi connectivity index (χ0) is 7.56. The summed E-state index contributed by atoms with van der Waals surface area (Å²) in [6, 6.07) is 0. The Morgan fingerprint density at radius 1 is 1.70 bits per heavy atom. The molecule has 0 saturated carbocycles. The van der Waals surface area contributed by atoms with E-state index in [2.05, 4.69) is 4.74 Å². The Bertz CT molecular complexity index is 166. The van der Waals surface area contributed by atoms with Crippen LogP contribution in [-0.2, 0) is 14.3 Å². The number of esters is 1. The molecule has 2 N–H and O–H groups in total. The molecule has 0 aromatic carbocycles. The fraction of sp³-hybridized carbons (Fsp3) is 0.667. The smallest absolute Gasteiger partial charge is 0.318 e. The monoisotopic (exact) mass is 143 g/mol. The van der Waals surface area contributed by atoms with Crippen LogP contribution in [0.2, 0.25) is 0 Å². The van der Waals surface area contributed by atoms with E-state index in [-0.39, 0.29) is 0 Å². The summed E-state index contributed by atoms with van der Waals surface area (Å²) >= 11 is 0. The number of amides is 1. The number of cyclic esters (lactones) is 1. The van der Waals surface area contributed by atoms with Gasteiger partial charge in [-0.25, -0.2) is 0 Å². The number of nitrogens with two attached hydrogens (primary N) is 1. The quantitative estimate of drug-likeness (QED) is 0.394. The highest BCUT2D eigenvalue weighted by Crippen LogP contribution is 2.13. The molecule has 0 spiro atoms. The maximum absolute atomic E-state index is 10.7. The third-order valence-electron chi connectivity index (χ3n) is 1.51. The Morgan fingerprint density at radius 3 is 2.80 bits per heavy atom. The Hall–Kier alpha value is -1.06. The fourth-order valence-electron chi connectivity index (χ4n) is 0.937. The second-order valence-electron chi connectivity index (χ2n) is 2.26. The summed E-state index contributed by atoms with van der Waals surface area (Å²) in [5.41, 5.74) is 4.92. The summed E-state index contributed by atoms with van der Waals surface area (Å²) in [6.07, 6.45) is 1.27. The largest absolute Gasteiger partial charge is 0.465 e. The van der Waals surface area contributed by atoms with Crippen LogP contribution in [0.25, 0.3) is 0 Å². The van der Waals surface area contributed by atoms with Crippen molar-refractivity contribution in [3.63, 3.8) is 0 Å². The molecule has 1 amide bonds. The SMILES string of the molecule is NC(=O)[C@@H]1CCCOC1=O. The van der Waals surface area contributed by atoms with E-state index >= 15 is 0 Å². The van der Waals surface area contributed by atoms with E-state index in [0.717, 1.165) is 6.42 Å². The minimum absolute atomic E-state index is 0.419. The summed E-state index contributed by atoms with van der Waals surface area (Å²) in [4.78, 5) is 21.2. The summed E-state index contributed by atoms with van der Waals surface area (Å²) in [7, 11) is 0. The van der Waals surface area contributed by atoms with Crippen molar-refractivity contribution in [2.45, 2.75) is 12.8 Å². The van der Waals surface area contributed by atoms with Crippen LogP contribution in [0.1, 0.15) is 12.8 Å². The Morgan fingerprint density at radius 2 is 2.40 bits per heavy atom. The van der Waals surface area contributed by atoms with Crippen LogP contribution in [-0.4, -0.2) is 18.5 Å². The first-order valence-corrected chi connectivity index (χ1v) is 3.18. The number of hydrogen-bond acceptors (Lipinski definition) is 3. The molecule has 56 valence electrons. The first-order chi connectivity index (χ1) is 4.72. The topological polar surface area (TPSA) is 69.4 Å².